The van der Waals surface area contributed by atoms with Gasteiger partial charge >= 0.3 is 0 Å². The molecule has 122 valence electrons. The molecule has 1 saturated heterocycles. The molecule has 1 atom stereocenters. The maximum absolute atomic E-state index is 12.5. The van der Waals surface area contributed by atoms with E-state index in [4.69, 9.17) is 5.41 Å². The third kappa shape index (κ3) is 2.37. The number of hydrogen-bond donors (Lipinski definition) is 2. The Bertz CT molecular complexity index is 866. The zero-order valence-corrected chi connectivity index (χ0v) is 13.1. The second-order valence-electron chi connectivity index (χ2n) is 5.73. The molecule has 0 spiro atoms. The predicted octanol–water partition coefficient (Wildman–Crippen LogP) is 1.87. The van der Waals surface area contributed by atoms with Crippen LogP contribution in [0, 0.1) is 15.5 Å². The van der Waals surface area contributed by atoms with Crippen molar-refractivity contribution in [3.8, 4) is 11.1 Å². The highest BCUT2D eigenvalue weighted by atomic mass is 16.6. The quantitative estimate of drug-likeness (QED) is 0.661. The van der Waals surface area contributed by atoms with E-state index < -0.39 is 10.5 Å². The van der Waals surface area contributed by atoms with E-state index in [1.54, 1.807) is 31.2 Å². The van der Waals surface area contributed by atoms with E-state index in [0.717, 1.165) is 0 Å². The monoisotopic (exact) mass is 325 g/mol. The van der Waals surface area contributed by atoms with E-state index >= 15 is 0 Å². The Labute approximate surface area is 137 Å². The van der Waals surface area contributed by atoms with Crippen LogP contribution in [0.15, 0.2) is 42.7 Å². The summed E-state index contributed by atoms with van der Waals surface area (Å²) in [6.07, 6.45) is 2.72. The molecule has 1 aromatic carbocycles. The van der Waals surface area contributed by atoms with Gasteiger partial charge in [-0.3, -0.25) is 30.2 Å². The molecular weight excluding hydrogens is 310 g/mol. The second-order valence-corrected chi connectivity index (χ2v) is 5.73. The van der Waals surface area contributed by atoms with Gasteiger partial charge in [0.1, 0.15) is 11.7 Å². The fraction of sp³-hybridized carbons (Fsp3) is 0.188. The first-order valence-corrected chi connectivity index (χ1v) is 7.18. The molecule has 1 fully saturated rings. The minimum absolute atomic E-state index is 0.0323. The highest BCUT2D eigenvalue weighted by Crippen LogP contribution is 2.31. The Morgan fingerprint density at radius 1 is 1.29 bits per heavy atom. The van der Waals surface area contributed by atoms with Gasteiger partial charge in [0.05, 0.1) is 4.92 Å². The SMILES string of the molecule is CN1C(=N)NC(C)(c2cccc(-c3cncc([N+](=O)[O-])c3)c2)C1=O. The van der Waals surface area contributed by atoms with Crippen molar-refractivity contribution in [3.63, 3.8) is 0 Å². The van der Waals surface area contributed by atoms with Crippen molar-refractivity contribution in [1.29, 1.82) is 5.41 Å². The summed E-state index contributed by atoms with van der Waals surface area (Å²) in [7, 11) is 1.54. The van der Waals surface area contributed by atoms with Crippen molar-refractivity contribution >= 4 is 17.6 Å². The van der Waals surface area contributed by atoms with Crippen LogP contribution in [0.1, 0.15) is 12.5 Å². The molecule has 1 aliphatic heterocycles. The van der Waals surface area contributed by atoms with Gasteiger partial charge in [-0.05, 0) is 24.1 Å². The number of likely N-dealkylation sites (N-methyl/N-ethyl adjacent to an activating group) is 1. The predicted molar refractivity (Wildman–Crippen MR) is 87.3 cm³/mol. The lowest BCUT2D eigenvalue weighted by molar-refractivity contribution is -0.385. The van der Waals surface area contributed by atoms with Gasteiger partial charge in [-0.1, -0.05) is 18.2 Å². The first-order chi connectivity index (χ1) is 11.3. The molecule has 1 unspecified atom stereocenters. The number of amides is 1. The lowest BCUT2D eigenvalue weighted by atomic mass is 9.90. The average molecular weight is 325 g/mol. The molecule has 8 nitrogen and oxygen atoms in total. The Kier molecular flexibility index (Phi) is 3.52. The topological polar surface area (TPSA) is 112 Å². The number of nitro groups is 1. The minimum atomic E-state index is -1.05. The molecule has 0 bridgehead atoms. The van der Waals surface area contributed by atoms with E-state index in [0.29, 0.717) is 16.7 Å². The Morgan fingerprint density at radius 3 is 2.67 bits per heavy atom. The van der Waals surface area contributed by atoms with E-state index in [1.165, 1.54) is 30.4 Å². The van der Waals surface area contributed by atoms with Crippen LogP contribution in [0.2, 0.25) is 0 Å². The van der Waals surface area contributed by atoms with E-state index in [2.05, 4.69) is 10.3 Å². The number of guanidine groups is 1. The molecule has 0 saturated carbocycles. The first-order valence-electron chi connectivity index (χ1n) is 7.18. The summed E-state index contributed by atoms with van der Waals surface area (Å²) in [5.41, 5.74) is 0.825. The van der Waals surface area contributed by atoms with Crippen molar-refractivity contribution < 1.29 is 9.72 Å². The number of hydrogen-bond acceptors (Lipinski definition) is 5. The molecule has 0 aliphatic carbocycles. The van der Waals surface area contributed by atoms with E-state index in [-0.39, 0.29) is 17.6 Å². The largest absolute Gasteiger partial charge is 0.338 e. The van der Waals surface area contributed by atoms with Crippen LogP contribution in [-0.4, -0.2) is 33.7 Å². The molecule has 3 rings (SSSR count). The molecule has 0 radical (unpaired) electrons. The highest BCUT2D eigenvalue weighted by Gasteiger charge is 2.45. The fourth-order valence-electron chi connectivity index (χ4n) is 2.70. The summed E-state index contributed by atoms with van der Waals surface area (Å²) in [4.78, 5) is 28.0. The van der Waals surface area contributed by atoms with Gasteiger partial charge in [0, 0.05) is 24.9 Å². The third-order valence-corrected chi connectivity index (χ3v) is 4.14. The van der Waals surface area contributed by atoms with Crippen LogP contribution < -0.4 is 5.32 Å². The lowest BCUT2D eigenvalue weighted by Gasteiger charge is -2.22. The summed E-state index contributed by atoms with van der Waals surface area (Å²) < 4.78 is 0. The van der Waals surface area contributed by atoms with Crippen LogP contribution in [-0.2, 0) is 10.3 Å². The van der Waals surface area contributed by atoms with Gasteiger partial charge in [0.2, 0.25) is 0 Å². The summed E-state index contributed by atoms with van der Waals surface area (Å²) in [6, 6.07) is 8.56. The number of nitrogens with zero attached hydrogens (tertiary/aromatic N) is 3. The van der Waals surface area contributed by atoms with Crippen molar-refractivity contribution in [1.82, 2.24) is 15.2 Å². The van der Waals surface area contributed by atoms with Crippen molar-refractivity contribution in [2.24, 2.45) is 0 Å². The maximum atomic E-state index is 12.5. The number of rotatable bonds is 3. The lowest BCUT2D eigenvalue weighted by Crippen LogP contribution is -2.40. The molecule has 1 amide bonds. The Balaban J connectivity index is 2.05. The number of carbonyl (C=O) groups is 1. The second kappa shape index (κ2) is 5.41. The molecular formula is C16H15N5O3. The first kappa shape index (κ1) is 15.6. The van der Waals surface area contributed by atoms with Crippen molar-refractivity contribution in [2.75, 3.05) is 7.05 Å². The van der Waals surface area contributed by atoms with Gasteiger partial charge in [-0.25, -0.2) is 0 Å². The van der Waals surface area contributed by atoms with Crippen molar-refractivity contribution in [3.05, 3.63) is 58.4 Å². The van der Waals surface area contributed by atoms with Gasteiger partial charge in [0.25, 0.3) is 11.6 Å². The van der Waals surface area contributed by atoms with Crippen LogP contribution in [0.3, 0.4) is 0 Å². The molecule has 1 aliphatic rings. The van der Waals surface area contributed by atoms with Crippen LogP contribution in [0.4, 0.5) is 5.69 Å². The van der Waals surface area contributed by atoms with Crippen LogP contribution in [0.25, 0.3) is 11.1 Å². The molecule has 1 aromatic heterocycles. The summed E-state index contributed by atoms with van der Waals surface area (Å²) >= 11 is 0. The summed E-state index contributed by atoms with van der Waals surface area (Å²) in [5.74, 6) is -0.202. The van der Waals surface area contributed by atoms with Gasteiger partial charge < -0.3 is 5.32 Å². The smallest absolute Gasteiger partial charge is 0.288 e. The molecule has 24 heavy (non-hydrogen) atoms. The number of benzene rings is 1. The maximum Gasteiger partial charge on any atom is 0.288 e. The molecule has 2 N–H and O–H groups in total. The number of aromatic nitrogens is 1. The van der Waals surface area contributed by atoms with Crippen LogP contribution in [0.5, 0.6) is 0 Å². The number of pyridine rings is 1. The normalized spacial score (nSPS) is 20.2. The summed E-state index contributed by atoms with van der Waals surface area (Å²) in [5, 5.41) is 21.6. The van der Waals surface area contributed by atoms with E-state index in [1.807, 2.05) is 0 Å². The molecule has 2 heterocycles. The van der Waals surface area contributed by atoms with E-state index in [9.17, 15) is 14.9 Å². The molecule has 2 aromatic rings. The standard InChI is InChI=1S/C16H15N5O3/c1-16(14(22)20(2)15(17)19-16)12-5-3-4-10(6-12)11-7-13(21(23)24)9-18-8-11/h3-9H,1-2H3,(H2,17,19). The van der Waals surface area contributed by atoms with Crippen LogP contribution >= 0.6 is 0 Å². The molecule has 8 heteroatoms. The average Bonchev–Trinajstić information content (AvgIpc) is 2.79. The van der Waals surface area contributed by atoms with Gasteiger partial charge in [0.15, 0.2) is 5.96 Å². The van der Waals surface area contributed by atoms with Crippen molar-refractivity contribution in [2.45, 2.75) is 12.5 Å². The zero-order valence-electron chi connectivity index (χ0n) is 13.1. The summed E-state index contributed by atoms with van der Waals surface area (Å²) in [6.45, 7) is 1.71. The Hall–Kier alpha value is -3.29. The zero-order chi connectivity index (χ0) is 17.5. The number of carbonyl (C=O) groups excluding carboxylic acids is 1. The van der Waals surface area contributed by atoms with Gasteiger partial charge in [-0.15, -0.1) is 0 Å². The highest BCUT2D eigenvalue weighted by molar-refractivity contribution is 6.07. The number of nitrogens with one attached hydrogen (secondary N) is 2. The minimum Gasteiger partial charge on any atom is -0.338 e. The fourth-order valence-corrected chi connectivity index (χ4v) is 2.70. The third-order valence-electron chi connectivity index (χ3n) is 4.14. The van der Waals surface area contributed by atoms with Gasteiger partial charge in [-0.2, -0.15) is 0 Å². The Morgan fingerprint density at radius 2 is 2.04 bits per heavy atom.